The lowest BCUT2D eigenvalue weighted by atomic mass is 9.79. The third-order valence-electron chi connectivity index (χ3n) is 5.51. The normalized spacial score (nSPS) is 21.8. The second kappa shape index (κ2) is 6.85. The number of nitrogens with zero attached hydrogens (tertiary/aromatic N) is 4. The molecule has 0 bridgehead atoms. The number of aryl methyl sites for hydroxylation is 2. The van der Waals surface area contributed by atoms with Gasteiger partial charge >= 0.3 is 0 Å². The maximum absolute atomic E-state index is 11.9. The van der Waals surface area contributed by atoms with E-state index >= 15 is 0 Å². The van der Waals surface area contributed by atoms with Gasteiger partial charge in [-0.05, 0) is 31.7 Å². The lowest BCUT2D eigenvalue weighted by Crippen LogP contribution is -2.64. The van der Waals surface area contributed by atoms with Crippen LogP contribution < -0.4 is 5.32 Å². The highest BCUT2D eigenvalue weighted by Gasteiger charge is 2.52. The van der Waals surface area contributed by atoms with E-state index in [1.807, 2.05) is 18.7 Å². The molecule has 8 heteroatoms. The molecule has 0 saturated carbocycles. The predicted octanol–water partition coefficient (Wildman–Crippen LogP) is 1.13. The van der Waals surface area contributed by atoms with E-state index in [2.05, 4.69) is 26.5 Å². The summed E-state index contributed by atoms with van der Waals surface area (Å²) in [4.78, 5) is 14.3. The standard InChI is InChI=1S/C18H25N5O3/c1-13-9-15(22(2)21-13)10-23-11-18(12-23)14(5-8-25-18)3-6-19-17(24)16-4-7-20-26-16/h4,7,9,14H,3,5-6,8,10-12H2,1-2H3,(H,19,24). The fraction of sp³-hybridized carbons (Fsp3) is 0.611. The molecule has 2 aliphatic heterocycles. The summed E-state index contributed by atoms with van der Waals surface area (Å²) < 4.78 is 12.9. The maximum Gasteiger partial charge on any atom is 0.289 e. The monoisotopic (exact) mass is 359 g/mol. The smallest absolute Gasteiger partial charge is 0.289 e. The SMILES string of the molecule is Cc1cc(CN2CC3(C2)OCCC3CCNC(=O)c2ccno2)n(C)n1. The fourth-order valence-electron chi connectivity index (χ4n) is 4.19. The highest BCUT2D eigenvalue weighted by Crippen LogP contribution is 2.42. The Balaban J connectivity index is 1.26. The highest BCUT2D eigenvalue weighted by atomic mass is 16.5. The summed E-state index contributed by atoms with van der Waals surface area (Å²) in [7, 11) is 1.99. The Kier molecular flexibility index (Phi) is 4.54. The van der Waals surface area contributed by atoms with Crippen molar-refractivity contribution in [3.8, 4) is 0 Å². The zero-order valence-electron chi connectivity index (χ0n) is 15.3. The van der Waals surface area contributed by atoms with E-state index in [0.717, 1.165) is 44.8 Å². The lowest BCUT2D eigenvalue weighted by molar-refractivity contribution is -0.137. The molecule has 1 atom stereocenters. The van der Waals surface area contributed by atoms with Crippen molar-refractivity contribution in [3.05, 3.63) is 35.5 Å². The molecule has 2 aromatic rings. The molecule has 0 aromatic carbocycles. The molecular formula is C18H25N5O3. The van der Waals surface area contributed by atoms with E-state index in [9.17, 15) is 4.79 Å². The van der Waals surface area contributed by atoms with Crippen LogP contribution in [0.4, 0.5) is 0 Å². The van der Waals surface area contributed by atoms with Crippen LogP contribution in [0.2, 0.25) is 0 Å². The number of rotatable bonds is 6. The third kappa shape index (κ3) is 3.26. The van der Waals surface area contributed by atoms with Gasteiger partial charge in [0.15, 0.2) is 0 Å². The predicted molar refractivity (Wildman–Crippen MR) is 93.5 cm³/mol. The Morgan fingerprint density at radius 1 is 1.46 bits per heavy atom. The second-order valence-corrected chi connectivity index (χ2v) is 7.37. The van der Waals surface area contributed by atoms with Gasteiger partial charge in [-0.2, -0.15) is 5.10 Å². The van der Waals surface area contributed by atoms with Crippen LogP contribution in [0.5, 0.6) is 0 Å². The first-order chi connectivity index (χ1) is 12.6. The molecule has 4 heterocycles. The zero-order valence-corrected chi connectivity index (χ0v) is 15.3. The minimum Gasteiger partial charge on any atom is -0.372 e. The number of nitrogens with one attached hydrogen (secondary N) is 1. The van der Waals surface area contributed by atoms with Gasteiger partial charge < -0.3 is 14.6 Å². The van der Waals surface area contributed by atoms with E-state index in [1.165, 1.54) is 11.9 Å². The number of carbonyl (C=O) groups excluding carboxylic acids is 1. The van der Waals surface area contributed by atoms with Gasteiger partial charge in [-0.25, -0.2) is 0 Å². The largest absolute Gasteiger partial charge is 0.372 e. The summed E-state index contributed by atoms with van der Waals surface area (Å²) in [5, 5.41) is 10.9. The van der Waals surface area contributed by atoms with Crippen LogP contribution in [0.1, 0.15) is 34.8 Å². The van der Waals surface area contributed by atoms with Gasteiger partial charge in [0.2, 0.25) is 5.76 Å². The molecule has 140 valence electrons. The summed E-state index contributed by atoms with van der Waals surface area (Å²) in [6.07, 6.45) is 3.44. The van der Waals surface area contributed by atoms with Crippen LogP contribution in [0.15, 0.2) is 22.9 Å². The molecule has 0 aliphatic carbocycles. The fourth-order valence-corrected chi connectivity index (χ4v) is 4.19. The molecule has 1 amide bonds. The van der Waals surface area contributed by atoms with E-state index in [0.29, 0.717) is 12.5 Å². The maximum atomic E-state index is 11.9. The molecule has 1 N–H and O–H groups in total. The third-order valence-corrected chi connectivity index (χ3v) is 5.51. The first kappa shape index (κ1) is 17.2. The summed E-state index contributed by atoms with van der Waals surface area (Å²) in [5.74, 6) is 0.517. The van der Waals surface area contributed by atoms with E-state index in [4.69, 9.17) is 9.26 Å². The van der Waals surface area contributed by atoms with Crippen molar-refractivity contribution in [3.63, 3.8) is 0 Å². The van der Waals surface area contributed by atoms with Gasteiger partial charge in [-0.15, -0.1) is 0 Å². The van der Waals surface area contributed by atoms with Crippen molar-refractivity contribution in [2.24, 2.45) is 13.0 Å². The van der Waals surface area contributed by atoms with Crippen LogP contribution in [-0.2, 0) is 18.3 Å². The molecule has 8 nitrogen and oxygen atoms in total. The van der Waals surface area contributed by atoms with Crippen molar-refractivity contribution < 1.29 is 14.1 Å². The molecule has 26 heavy (non-hydrogen) atoms. The second-order valence-electron chi connectivity index (χ2n) is 7.37. The zero-order chi connectivity index (χ0) is 18.1. The van der Waals surface area contributed by atoms with Crippen molar-refractivity contribution in [1.29, 1.82) is 0 Å². The minimum atomic E-state index is -0.211. The number of hydrogen-bond donors (Lipinski definition) is 1. The van der Waals surface area contributed by atoms with Gasteiger partial charge in [0.1, 0.15) is 0 Å². The summed E-state index contributed by atoms with van der Waals surface area (Å²) in [5.41, 5.74) is 2.23. The Hall–Kier alpha value is -2.19. The Bertz CT molecular complexity index is 764. The summed E-state index contributed by atoms with van der Waals surface area (Å²) >= 11 is 0. The van der Waals surface area contributed by atoms with Gasteiger partial charge in [0.25, 0.3) is 5.91 Å². The summed E-state index contributed by atoms with van der Waals surface area (Å²) in [6, 6.07) is 3.70. The topological polar surface area (TPSA) is 85.4 Å². The van der Waals surface area contributed by atoms with Crippen LogP contribution in [0, 0.1) is 12.8 Å². The van der Waals surface area contributed by atoms with Crippen molar-refractivity contribution >= 4 is 5.91 Å². The number of ether oxygens (including phenoxy) is 1. The number of amides is 1. The molecule has 2 saturated heterocycles. The van der Waals surface area contributed by atoms with Gasteiger partial charge in [0, 0.05) is 45.9 Å². The minimum absolute atomic E-state index is 0.0510. The number of likely N-dealkylation sites (tertiary alicyclic amines) is 1. The Morgan fingerprint density at radius 2 is 2.31 bits per heavy atom. The Morgan fingerprint density at radius 3 is 3.00 bits per heavy atom. The van der Waals surface area contributed by atoms with Gasteiger partial charge in [0.05, 0.1) is 23.2 Å². The van der Waals surface area contributed by atoms with E-state index in [-0.39, 0.29) is 17.3 Å². The highest BCUT2D eigenvalue weighted by molar-refractivity contribution is 5.91. The van der Waals surface area contributed by atoms with E-state index < -0.39 is 0 Å². The van der Waals surface area contributed by atoms with Crippen molar-refractivity contribution in [1.82, 2.24) is 25.2 Å². The average Bonchev–Trinajstić information content (AvgIpc) is 3.28. The first-order valence-corrected chi connectivity index (χ1v) is 9.10. The average molecular weight is 359 g/mol. The number of aromatic nitrogens is 3. The quantitative estimate of drug-likeness (QED) is 0.832. The van der Waals surface area contributed by atoms with Crippen molar-refractivity contribution in [2.75, 3.05) is 26.2 Å². The lowest BCUT2D eigenvalue weighted by Gasteiger charge is -2.50. The molecule has 2 aromatic heterocycles. The van der Waals surface area contributed by atoms with Crippen LogP contribution in [0.3, 0.4) is 0 Å². The molecule has 4 rings (SSSR count). The molecule has 2 fully saturated rings. The van der Waals surface area contributed by atoms with E-state index in [1.54, 1.807) is 6.07 Å². The molecule has 0 radical (unpaired) electrons. The molecule has 1 unspecified atom stereocenters. The van der Waals surface area contributed by atoms with Crippen LogP contribution in [-0.4, -0.2) is 57.6 Å². The van der Waals surface area contributed by atoms with Gasteiger partial charge in [-0.1, -0.05) is 5.16 Å². The first-order valence-electron chi connectivity index (χ1n) is 9.10. The van der Waals surface area contributed by atoms with Gasteiger partial charge in [-0.3, -0.25) is 14.4 Å². The molecule has 2 aliphatic rings. The van der Waals surface area contributed by atoms with Crippen LogP contribution in [0.25, 0.3) is 0 Å². The van der Waals surface area contributed by atoms with Crippen molar-refractivity contribution in [2.45, 2.75) is 31.9 Å². The Labute approximate surface area is 152 Å². The molecule has 1 spiro atoms. The van der Waals surface area contributed by atoms with Crippen LogP contribution >= 0.6 is 0 Å². The molecular weight excluding hydrogens is 334 g/mol. The number of hydrogen-bond acceptors (Lipinski definition) is 6. The number of carbonyl (C=O) groups is 1. The summed E-state index contributed by atoms with van der Waals surface area (Å²) in [6.45, 7) is 6.23.